The number of benzene rings is 1. The number of aryl methyl sites for hydroxylation is 1. The molecule has 2 rings (SSSR count). The summed E-state index contributed by atoms with van der Waals surface area (Å²) in [5, 5.41) is 0. The molecule has 1 aromatic rings. The van der Waals surface area contributed by atoms with Crippen LogP contribution < -0.4 is 0 Å². The summed E-state index contributed by atoms with van der Waals surface area (Å²) in [6.07, 6.45) is 3.99. The highest BCUT2D eigenvalue weighted by molar-refractivity contribution is 14.1. The van der Waals surface area contributed by atoms with Gasteiger partial charge >= 0.3 is 0 Å². The highest BCUT2D eigenvalue weighted by Gasteiger charge is 2.26. The summed E-state index contributed by atoms with van der Waals surface area (Å²) in [7, 11) is 1.87. The largest absolute Gasteiger partial charge is 0.314 e. The molecular formula is C14H16INO. The number of hydrogen-bond acceptors (Lipinski definition) is 1. The predicted octanol–water partition coefficient (Wildman–Crippen LogP) is 3.26. The summed E-state index contributed by atoms with van der Waals surface area (Å²) in [4.78, 5) is 13.8. The van der Waals surface area contributed by atoms with Gasteiger partial charge in [0, 0.05) is 18.3 Å². The van der Waals surface area contributed by atoms with E-state index in [4.69, 9.17) is 0 Å². The van der Waals surface area contributed by atoms with Crippen LogP contribution in [0.5, 0.6) is 0 Å². The Bertz CT molecular complexity index is 467. The van der Waals surface area contributed by atoms with Crippen molar-refractivity contribution in [2.24, 2.45) is 0 Å². The van der Waals surface area contributed by atoms with E-state index in [1.54, 1.807) is 4.90 Å². The van der Waals surface area contributed by atoms with Crippen LogP contribution in [0.15, 0.2) is 30.3 Å². The summed E-state index contributed by atoms with van der Waals surface area (Å²) in [6, 6.07) is 8.31. The molecule has 17 heavy (non-hydrogen) atoms. The van der Waals surface area contributed by atoms with Crippen molar-refractivity contribution in [3.63, 3.8) is 0 Å². The maximum Gasteiger partial charge on any atom is 0.240 e. The topological polar surface area (TPSA) is 20.3 Å². The van der Waals surface area contributed by atoms with Crippen molar-refractivity contribution >= 4 is 34.2 Å². The van der Waals surface area contributed by atoms with Gasteiger partial charge in [0.15, 0.2) is 0 Å². The molecule has 1 aliphatic rings. The van der Waals surface area contributed by atoms with Crippen molar-refractivity contribution in [2.45, 2.75) is 23.7 Å². The van der Waals surface area contributed by atoms with Gasteiger partial charge in [-0.1, -0.05) is 59.9 Å². The lowest BCUT2D eigenvalue weighted by Crippen LogP contribution is -2.35. The normalized spacial score (nSPS) is 20.4. The Morgan fingerprint density at radius 1 is 1.41 bits per heavy atom. The molecule has 1 unspecified atom stereocenters. The first-order chi connectivity index (χ1) is 8.15. The summed E-state index contributed by atoms with van der Waals surface area (Å²) < 4.78 is 0.0788. The van der Waals surface area contributed by atoms with E-state index in [0.29, 0.717) is 0 Å². The highest BCUT2D eigenvalue weighted by atomic mass is 127. The molecule has 0 N–H and O–H groups in total. The number of halogens is 1. The summed E-state index contributed by atoms with van der Waals surface area (Å²) in [5.41, 5.74) is 3.54. The molecule has 0 spiro atoms. The Balaban J connectivity index is 2.43. The first-order valence-corrected chi connectivity index (χ1v) is 7.09. The molecule has 1 heterocycles. The van der Waals surface area contributed by atoms with Gasteiger partial charge in [0.05, 0.1) is 3.92 Å². The van der Waals surface area contributed by atoms with Crippen molar-refractivity contribution in [1.82, 2.24) is 4.90 Å². The maximum absolute atomic E-state index is 12.0. The minimum absolute atomic E-state index is 0.0788. The second-order valence-corrected chi connectivity index (χ2v) is 5.70. The van der Waals surface area contributed by atoms with Gasteiger partial charge in [-0.2, -0.15) is 0 Å². The molecule has 2 nitrogen and oxygen atoms in total. The molecule has 0 bridgehead atoms. The molecule has 0 radical (unpaired) electrons. The van der Waals surface area contributed by atoms with Crippen molar-refractivity contribution in [1.29, 1.82) is 0 Å². The molecule has 3 heteroatoms. The van der Waals surface area contributed by atoms with Gasteiger partial charge in [0.2, 0.25) is 5.91 Å². The quantitative estimate of drug-likeness (QED) is 0.597. The van der Waals surface area contributed by atoms with Crippen molar-refractivity contribution in [3.05, 3.63) is 41.5 Å². The zero-order valence-electron chi connectivity index (χ0n) is 10.1. The van der Waals surface area contributed by atoms with Gasteiger partial charge in [-0.05, 0) is 18.4 Å². The van der Waals surface area contributed by atoms with E-state index in [1.165, 1.54) is 11.1 Å². The summed E-state index contributed by atoms with van der Waals surface area (Å²) in [6.45, 7) is 2.14. The molecule has 90 valence electrons. The first-order valence-electron chi connectivity index (χ1n) is 5.85. The van der Waals surface area contributed by atoms with Crippen LogP contribution in [0.25, 0.3) is 5.70 Å². The molecule has 0 fully saturated rings. The van der Waals surface area contributed by atoms with Crippen molar-refractivity contribution < 1.29 is 4.79 Å². The van der Waals surface area contributed by atoms with Crippen LogP contribution >= 0.6 is 22.6 Å². The molecular weight excluding hydrogens is 325 g/mol. The second-order valence-electron chi connectivity index (χ2n) is 4.20. The fourth-order valence-electron chi connectivity index (χ4n) is 2.15. The molecule has 1 aromatic carbocycles. The third kappa shape index (κ3) is 2.39. The Morgan fingerprint density at radius 3 is 2.82 bits per heavy atom. The second kappa shape index (κ2) is 5.21. The van der Waals surface area contributed by atoms with E-state index >= 15 is 0 Å². The Morgan fingerprint density at radius 2 is 2.12 bits per heavy atom. The molecule has 1 amide bonds. The number of carbonyl (C=O) groups excluding carboxylic acids is 1. The lowest BCUT2D eigenvalue weighted by atomic mass is 9.98. The fourth-order valence-corrected chi connectivity index (χ4v) is 2.82. The lowest BCUT2D eigenvalue weighted by Gasteiger charge is -2.28. The summed E-state index contributed by atoms with van der Waals surface area (Å²) >= 11 is 2.21. The summed E-state index contributed by atoms with van der Waals surface area (Å²) in [5.74, 6) is 0.203. The van der Waals surface area contributed by atoms with Crippen molar-refractivity contribution in [2.75, 3.05) is 7.05 Å². The van der Waals surface area contributed by atoms with E-state index in [-0.39, 0.29) is 9.83 Å². The number of rotatable bonds is 2. The number of amides is 1. The van der Waals surface area contributed by atoms with E-state index in [2.05, 4.69) is 53.8 Å². The standard InChI is InChI=1S/C14H16INO/c1-3-10-6-4-5-7-11(10)13-9-8-12(15)14(17)16(13)2/h4-7,9,12H,3,8H2,1-2H3. The number of alkyl halides is 1. The van der Waals surface area contributed by atoms with Gasteiger partial charge < -0.3 is 4.90 Å². The van der Waals surface area contributed by atoms with Gasteiger partial charge in [-0.3, -0.25) is 4.79 Å². The van der Waals surface area contributed by atoms with E-state index in [1.807, 2.05) is 13.1 Å². The number of carbonyl (C=O) groups is 1. The fraction of sp³-hybridized carbons (Fsp3) is 0.357. The van der Waals surface area contributed by atoms with E-state index in [9.17, 15) is 4.79 Å². The molecule has 0 saturated heterocycles. The molecule has 0 saturated carbocycles. The van der Waals surface area contributed by atoms with Crippen LogP contribution in [0, 0.1) is 0 Å². The van der Waals surface area contributed by atoms with Crippen LogP contribution in [0.2, 0.25) is 0 Å². The van der Waals surface area contributed by atoms with E-state index < -0.39 is 0 Å². The number of nitrogens with zero attached hydrogens (tertiary/aromatic N) is 1. The first kappa shape index (κ1) is 12.6. The SMILES string of the molecule is CCc1ccccc1C1=CCC(I)C(=O)N1C. The number of hydrogen-bond donors (Lipinski definition) is 0. The Hall–Kier alpha value is -0.840. The molecule has 0 aliphatic carbocycles. The molecule has 1 atom stereocenters. The smallest absolute Gasteiger partial charge is 0.240 e. The van der Waals surface area contributed by atoms with Crippen LogP contribution in [0.1, 0.15) is 24.5 Å². The maximum atomic E-state index is 12.0. The van der Waals surface area contributed by atoms with Crippen LogP contribution in [0.4, 0.5) is 0 Å². The van der Waals surface area contributed by atoms with E-state index in [0.717, 1.165) is 18.5 Å². The van der Waals surface area contributed by atoms with Crippen LogP contribution in [-0.2, 0) is 11.2 Å². The zero-order chi connectivity index (χ0) is 12.4. The lowest BCUT2D eigenvalue weighted by molar-refractivity contribution is -0.126. The van der Waals surface area contributed by atoms with Crippen LogP contribution in [0.3, 0.4) is 0 Å². The Kier molecular flexibility index (Phi) is 3.86. The predicted molar refractivity (Wildman–Crippen MR) is 79.0 cm³/mol. The average Bonchev–Trinajstić information content (AvgIpc) is 2.36. The minimum atomic E-state index is 0.0788. The zero-order valence-corrected chi connectivity index (χ0v) is 12.3. The van der Waals surface area contributed by atoms with Crippen molar-refractivity contribution in [3.8, 4) is 0 Å². The van der Waals surface area contributed by atoms with Gasteiger partial charge in [-0.25, -0.2) is 0 Å². The van der Waals surface area contributed by atoms with Gasteiger partial charge in [0.25, 0.3) is 0 Å². The highest BCUT2D eigenvalue weighted by Crippen LogP contribution is 2.29. The third-order valence-electron chi connectivity index (χ3n) is 3.15. The number of allylic oxidation sites excluding steroid dienone is 1. The Labute approximate surface area is 116 Å². The average molecular weight is 341 g/mol. The third-order valence-corrected chi connectivity index (χ3v) is 4.19. The minimum Gasteiger partial charge on any atom is -0.314 e. The molecule has 1 aliphatic heterocycles. The monoisotopic (exact) mass is 341 g/mol. The van der Waals surface area contributed by atoms with Gasteiger partial charge in [0.1, 0.15) is 0 Å². The van der Waals surface area contributed by atoms with Gasteiger partial charge in [-0.15, -0.1) is 0 Å². The molecule has 0 aromatic heterocycles. The van der Waals surface area contributed by atoms with Crippen LogP contribution in [-0.4, -0.2) is 21.8 Å².